The summed E-state index contributed by atoms with van der Waals surface area (Å²) in [5.41, 5.74) is 4.69. The second kappa shape index (κ2) is 11.2. The van der Waals surface area contributed by atoms with Crippen LogP contribution >= 0.6 is 0 Å². The van der Waals surface area contributed by atoms with Gasteiger partial charge in [-0.25, -0.2) is 18.7 Å². The first-order chi connectivity index (χ1) is 17.3. The predicted octanol–water partition coefficient (Wildman–Crippen LogP) is 5.07. The number of carbonyl (C=O) groups excluding carboxylic acids is 3. The van der Waals surface area contributed by atoms with Gasteiger partial charge in [0.05, 0.1) is 11.4 Å². The second-order valence-corrected chi connectivity index (χ2v) is 9.92. The van der Waals surface area contributed by atoms with Crippen LogP contribution in [0.1, 0.15) is 58.0 Å². The minimum Gasteiger partial charge on any atom is -0.343 e. The van der Waals surface area contributed by atoms with E-state index in [9.17, 15) is 23.2 Å². The SMILES string of the molecule is CCC(=O)C1C=C(C)C(c2cc3cnc(NC(=O)[C@H]4CC4(F)F)cc3nc2C(=O)N(C)C)=CC(C)=C1C.[HH].[Na]. The average molecular weight is 534 g/mol. The molecule has 2 aliphatic carbocycles. The number of rotatable bonds is 6. The topological polar surface area (TPSA) is 92.3 Å². The first-order valence-corrected chi connectivity index (χ1v) is 12.2. The molecule has 4 rings (SSSR count). The Hall–Kier alpha value is -2.75. The summed E-state index contributed by atoms with van der Waals surface area (Å²) in [5.74, 6) is -5.59. The number of carbonyl (C=O) groups is 3. The molecule has 1 unspecified atom stereocenters. The van der Waals surface area contributed by atoms with Gasteiger partial charge in [0.15, 0.2) is 0 Å². The van der Waals surface area contributed by atoms with E-state index >= 15 is 0 Å². The number of hydrogen-bond donors (Lipinski definition) is 1. The van der Waals surface area contributed by atoms with Crippen LogP contribution in [0.4, 0.5) is 14.6 Å². The number of Topliss-reactive ketones (excluding diaryl/α,β-unsaturated/α-hetero) is 1. The van der Waals surface area contributed by atoms with Gasteiger partial charge in [-0.1, -0.05) is 30.2 Å². The first-order valence-electron chi connectivity index (χ1n) is 12.2. The van der Waals surface area contributed by atoms with Crippen molar-refractivity contribution in [3.63, 3.8) is 0 Å². The van der Waals surface area contributed by atoms with Crippen molar-refractivity contribution in [2.45, 2.75) is 46.5 Å². The minimum atomic E-state index is -2.98. The number of hydrogen-bond acceptors (Lipinski definition) is 5. The molecule has 38 heavy (non-hydrogen) atoms. The maximum Gasteiger partial charge on any atom is 0.272 e. The van der Waals surface area contributed by atoms with E-state index in [4.69, 9.17) is 0 Å². The monoisotopic (exact) mass is 533 g/mol. The fourth-order valence-corrected chi connectivity index (χ4v) is 4.43. The molecule has 7 nitrogen and oxygen atoms in total. The molecule has 1 fully saturated rings. The summed E-state index contributed by atoms with van der Waals surface area (Å²) in [5, 5.41) is 3.03. The predicted molar refractivity (Wildman–Crippen MR) is 146 cm³/mol. The maximum atomic E-state index is 13.3. The Balaban J connectivity index is 0.00000267. The third-order valence-corrected chi connectivity index (χ3v) is 6.98. The summed E-state index contributed by atoms with van der Waals surface area (Å²) in [6, 6.07) is 3.28. The number of anilines is 1. The van der Waals surface area contributed by atoms with Gasteiger partial charge in [-0.05, 0) is 38.0 Å². The Morgan fingerprint density at radius 2 is 1.84 bits per heavy atom. The number of pyridine rings is 2. The molecule has 2 atom stereocenters. The fourth-order valence-electron chi connectivity index (χ4n) is 4.43. The molecule has 1 radical (unpaired) electrons. The van der Waals surface area contributed by atoms with E-state index < -0.39 is 24.2 Å². The molecule has 2 amide bonds. The van der Waals surface area contributed by atoms with E-state index in [1.807, 2.05) is 39.8 Å². The number of amides is 2. The average Bonchev–Trinajstić information content (AvgIpc) is 3.53. The quantitative estimate of drug-likeness (QED) is 0.524. The number of fused-ring (bicyclic) bond motifs is 1. The molecular weight excluding hydrogens is 501 g/mol. The van der Waals surface area contributed by atoms with Gasteiger partial charge in [0.2, 0.25) is 5.91 Å². The molecule has 197 valence electrons. The molecule has 0 saturated heterocycles. The van der Waals surface area contributed by atoms with Crippen molar-refractivity contribution < 1.29 is 24.6 Å². The largest absolute Gasteiger partial charge is 0.343 e. The van der Waals surface area contributed by atoms with Crippen molar-refractivity contribution in [1.29, 1.82) is 0 Å². The number of ketones is 1. The van der Waals surface area contributed by atoms with Gasteiger partial charge < -0.3 is 10.2 Å². The zero-order valence-corrected chi connectivity index (χ0v) is 24.8. The van der Waals surface area contributed by atoms with Crippen molar-refractivity contribution in [3.05, 3.63) is 58.5 Å². The summed E-state index contributed by atoms with van der Waals surface area (Å²) in [4.78, 5) is 48.2. The summed E-state index contributed by atoms with van der Waals surface area (Å²) < 4.78 is 26.5. The van der Waals surface area contributed by atoms with Crippen LogP contribution in [0.25, 0.3) is 16.5 Å². The third-order valence-electron chi connectivity index (χ3n) is 6.98. The summed E-state index contributed by atoms with van der Waals surface area (Å²) in [6.07, 6.45) is 5.33. The molecule has 0 aromatic carbocycles. The van der Waals surface area contributed by atoms with Crippen LogP contribution in [0.15, 0.2) is 47.2 Å². The van der Waals surface area contributed by atoms with E-state index in [-0.39, 0.29) is 60.1 Å². The van der Waals surface area contributed by atoms with E-state index in [2.05, 4.69) is 15.3 Å². The van der Waals surface area contributed by atoms with Crippen molar-refractivity contribution in [3.8, 4) is 0 Å². The molecule has 10 heteroatoms. The van der Waals surface area contributed by atoms with Crippen LogP contribution in [0.3, 0.4) is 0 Å². The molecule has 1 N–H and O–H groups in total. The van der Waals surface area contributed by atoms with Gasteiger partial charge in [0.1, 0.15) is 23.2 Å². The molecule has 0 spiro atoms. The zero-order valence-electron chi connectivity index (χ0n) is 22.8. The maximum absolute atomic E-state index is 13.3. The fraction of sp³-hybridized carbons (Fsp3) is 0.393. The third kappa shape index (κ3) is 5.80. The van der Waals surface area contributed by atoms with E-state index in [0.29, 0.717) is 22.9 Å². The number of halogens is 2. The van der Waals surface area contributed by atoms with Gasteiger partial charge in [0.25, 0.3) is 11.8 Å². The molecule has 2 aromatic heterocycles. The molecule has 2 aliphatic rings. The number of aromatic nitrogens is 2. The Morgan fingerprint density at radius 3 is 2.42 bits per heavy atom. The zero-order chi connectivity index (χ0) is 27.2. The summed E-state index contributed by atoms with van der Waals surface area (Å²) in [7, 11) is 3.25. The van der Waals surface area contributed by atoms with Crippen molar-refractivity contribution in [2.75, 3.05) is 19.4 Å². The van der Waals surface area contributed by atoms with Crippen LogP contribution in [0.2, 0.25) is 0 Å². The second-order valence-electron chi connectivity index (χ2n) is 9.92. The standard InChI is InChI=1S/C28H30F2N4O3.Na.H2/c1-7-23(35)19-9-15(3)18(8-14(2)16(19)4)20-10-17-13-31-24(33-26(36)21-12-28(21,29)30)11-22(17)32-25(20)27(37)34(5)6;;/h8-11,13,19,21H,7,12H2,1-6H3,(H,31,33,36);;1H/t19?,21-;;/m1../s1. The van der Waals surface area contributed by atoms with Crippen molar-refractivity contribution in [2.24, 2.45) is 11.8 Å². The Morgan fingerprint density at radius 1 is 1.18 bits per heavy atom. The normalized spacial score (nSPS) is 20.1. The summed E-state index contributed by atoms with van der Waals surface area (Å²) in [6.45, 7) is 7.64. The van der Waals surface area contributed by atoms with Crippen LogP contribution in [0, 0.1) is 11.8 Å². The minimum absolute atomic E-state index is 0. The van der Waals surface area contributed by atoms with Crippen molar-refractivity contribution >= 4 is 69.4 Å². The van der Waals surface area contributed by atoms with Crippen LogP contribution in [-0.2, 0) is 9.59 Å². The molecule has 2 heterocycles. The summed E-state index contributed by atoms with van der Waals surface area (Å²) >= 11 is 0. The Bertz CT molecular complexity index is 1440. The van der Waals surface area contributed by atoms with Crippen LogP contribution in [0.5, 0.6) is 0 Å². The molecule has 0 aliphatic heterocycles. The van der Waals surface area contributed by atoms with E-state index in [1.165, 1.54) is 17.2 Å². The van der Waals surface area contributed by atoms with Crippen LogP contribution in [-0.4, -0.2) is 82.0 Å². The Kier molecular flexibility index (Phi) is 8.75. The number of alkyl halides is 2. The van der Waals surface area contributed by atoms with Gasteiger partial charge in [-0.15, -0.1) is 0 Å². The van der Waals surface area contributed by atoms with Gasteiger partial charge in [0, 0.05) is 81.1 Å². The van der Waals surface area contributed by atoms with E-state index in [1.54, 1.807) is 20.2 Å². The van der Waals surface area contributed by atoms with E-state index in [0.717, 1.165) is 22.3 Å². The molecule has 2 aromatic rings. The van der Waals surface area contributed by atoms with Crippen LogP contribution < -0.4 is 5.32 Å². The molecule has 1 saturated carbocycles. The Labute approximate surface area is 244 Å². The van der Waals surface area contributed by atoms with Gasteiger partial charge >= 0.3 is 0 Å². The first kappa shape index (κ1) is 29.8. The molecular formula is C28H32F2N4NaO3. The van der Waals surface area contributed by atoms with Crippen molar-refractivity contribution in [1.82, 2.24) is 14.9 Å². The smallest absolute Gasteiger partial charge is 0.272 e. The molecule has 0 bridgehead atoms. The number of nitrogens with one attached hydrogen (secondary N) is 1. The number of allylic oxidation sites excluding steroid dienone is 6. The van der Waals surface area contributed by atoms with Gasteiger partial charge in [-0.2, -0.15) is 0 Å². The number of nitrogens with zero attached hydrogens (tertiary/aromatic N) is 3. The van der Waals surface area contributed by atoms with Gasteiger partial charge in [-0.3, -0.25) is 14.4 Å².